The van der Waals surface area contributed by atoms with Crippen LogP contribution in [-0.4, -0.2) is 25.7 Å². The molecule has 0 bridgehead atoms. The van der Waals surface area contributed by atoms with Crippen molar-refractivity contribution in [2.24, 2.45) is 0 Å². The summed E-state index contributed by atoms with van der Waals surface area (Å²) in [7, 11) is -2.25. The summed E-state index contributed by atoms with van der Waals surface area (Å²) < 4.78 is 44.8. The van der Waals surface area contributed by atoms with Gasteiger partial charge in [0.2, 0.25) is 0 Å². The molecule has 27 heavy (non-hydrogen) atoms. The molecule has 0 unspecified atom stereocenters. The number of nitrogens with one attached hydrogen (secondary N) is 2. The van der Waals surface area contributed by atoms with Gasteiger partial charge < -0.3 is 10.1 Å². The Morgan fingerprint density at radius 3 is 2.15 bits per heavy atom. The molecule has 0 aliphatic carbocycles. The van der Waals surface area contributed by atoms with E-state index >= 15 is 0 Å². The van der Waals surface area contributed by atoms with Gasteiger partial charge >= 0.3 is 0 Å². The predicted octanol–water partition coefficient (Wildman–Crippen LogP) is 3.04. The van der Waals surface area contributed by atoms with Crippen molar-refractivity contribution in [1.82, 2.24) is 10.2 Å². The van der Waals surface area contributed by atoms with Crippen molar-refractivity contribution in [3.05, 3.63) is 72.0 Å². The fourth-order valence-corrected chi connectivity index (χ4v) is 3.22. The second-order valence-electron chi connectivity index (χ2n) is 5.56. The Bertz CT molecular complexity index is 992. The molecule has 0 atom stereocenters. The Morgan fingerprint density at radius 2 is 1.56 bits per heavy atom. The van der Waals surface area contributed by atoms with E-state index in [1.54, 1.807) is 13.2 Å². The predicted molar refractivity (Wildman–Crippen MR) is 99.6 cm³/mol. The summed E-state index contributed by atoms with van der Waals surface area (Å²) in [5.74, 6) is 0.822. The van der Waals surface area contributed by atoms with E-state index in [4.69, 9.17) is 4.74 Å². The van der Waals surface area contributed by atoms with Crippen LogP contribution in [0.25, 0.3) is 0 Å². The third-order valence-electron chi connectivity index (χ3n) is 3.66. The van der Waals surface area contributed by atoms with Gasteiger partial charge in [-0.05, 0) is 54.1 Å². The highest BCUT2D eigenvalue weighted by molar-refractivity contribution is 7.92. The molecule has 0 aliphatic heterocycles. The van der Waals surface area contributed by atoms with Crippen molar-refractivity contribution in [2.75, 3.05) is 17.1 Å². The van der Waals surface area contributed by atoms with Gasteiger partial charge in [0.1, 0.15) is 17.4 Å². The SMILES string of the molecule is COc1ccc(CNc2ccc(NS(=O)(=O)c3ccc(F)cc3)nn2)cc1. The van der Waals surface area contributed by atoms with Crippen LogP contribution in [0.4, 0.5) is 16.0 Å². The first-order valence-electron chi connectivity index (χ1n) is 7.95. The molecule has 140 valence electrons. The lowest BCUT2D eigenvalue weighted by atomic mass is 10.2. The van der Waals surface area contributed by atoms with Crippen LogP contribution in [0, 0.1) is 5.82 Å². The molecule has 1 aromatic heterocycles. The topological polar surface area (TPSA) is 93.2 Å². The van der Waals surface area contributed by atoms with Gasteiger partial charge in [-0.1, -0.05) is 12.1 Å². The molecule has 7 nitrogen and oxygen atoms in total. The summed E-state index contributed by atoms with van der Waals surface area (Å²) in [5.41, 5.74) is 1.03. The number of methoxy groups -OCH3 is 1. The number of aromatic nitrogens is 2. The Morgan fingerprint density at radius 1 is 0.926 bits per heavy atom. The van der Waals surface area contributed by atoms with Crippen LogP contribution in [0.2, 0.25) is 0 Å². The van der Waals surface area contributed by atoms with E-state index < -0.39 is 15.8 Å². The molecule has 0 spiro atoms. The van der Waals surface area contributed by atoms with Crippen molar-refractivity contribution >= 4 is 21.7 Å². The Hall–Kier alpha value is -3.20. The average molecular weight is 388 g/mol. The molecule has 0 fully saturated rings. The minimum Gasteiger partial charge on any atom is -0.497 e. The number of halogens is 1. The number of hydrogen-bond acceptors (Lipinski definition) is 6. The van der Waals surface area contributed by atoms with Gasteiger partial charge in [-0.2, -0.15) is 0 Å². The number of hydrogen-bond donors (Lipinski definition) is 2. The van der Waals surface area contributed by atoms with Crippen LogP contribution in [0.15, 0.2) is 65.6 Å². The molecule has 1 heterocycles. The smallest absolute Gasteiger partial charge is 0.263 e. The maximum Gasteiger partial charge on any atom is 0.263 e. The molecule has 2 N–H and O–H groups in total. The summed E-state index contributed by atoms with van der Waals surface area (Å²) in [5, 5.41) is 10.9. The van der Waals surface area contributed by atoms with E-state index in [1.807, 2.05) is 24.3 Å². The zero-order chi connectivity index (χ0) is 19.3. The standard InChI is InChI=1S/C18H17FN4O3S/c1-26-15-6-2-13(3-7-15)12-20-17-10-11-18(22-21-17)23-27(24,25)16-8-4-14(19)5-9-16/h2-11H,12H2,1H3,(H,20,21)(H,22,23). The number of nitrogens with zero attached hydrogens (tertiary/aromatic N) is 2. The van der Waals surface area contributed by atoms with E-state index in [-0.39, 0.29) is 10.7 Å². The van der Waals surface area contributed by atoms with Crippen molar-refractivity contribution in [3.8, 4) is 5.75 Å². The number of ether oxygens (including phenoxy) is 1. The number of sulfonamides is 1. The normalized spacial score (nSPS) is 11.0. The Labute approximate surface area is 156 Å². The van der Waals surface area contributed by atoms with Crippen LogP contribution >= 0.6 is 0 Å². The highest BCUT2D eigenvalue weighted by atomic mass is 32.2. The molecular formula is C18H17FN4O3S. The van der Waals surface area contributed by atoms with E-state index in [0.29, 0.717) is 12.4 Å². The third-order valence-corrected chi connectivity index (χ3v) is 5.03. The lowest BCUT2D eigenvalue weighted by Crippen LogP contribution is -2.14. The van der Waals surface area contributed by atoms with Crippen molar-refractivity contribution in [1.29, 1.82) is 0 Å². The van der Waals surface area contributed by atoms with Crippen molar-refractivity contribution in [2.45, 2.75) is 11.4 Å². The van der Waals surface area contributed by atoms with Crippen molar-refractivity contribution < 1.29 is 17.5 Å². The summed E-state index contributed by atoms with van der Waals surface area (Å²) >= 11 is 0. The summed E-state index contributed by atoms with van der Waals surface area (Å²) in [4.78, 5) is -0.0626. The van der Waals surface area contributed by atoms with Gasteiger partial charge in [0.05, 0.1) is 12.0 Å². The van der Waals surface area contributed by atoms with Gasteiger partial charge in [-0.15, -0.1) is 10.2 Å². The molecule has 0 amide bonds. The number of anilines is 2. The van der Waals surface area contributed by atoms with Gasteiger partial charge in [-0.3, -0.25) is 4.72 Å². The van der Waals surface area contributed by atoms with Crippen LogP contribution < -0.4 is 14.8 Å². The van der Waals surface area contributed by atoms with Gasteiger partial charge in [-0.25, -0.2) is 12.8 Å². The third kappa shape index (κ3) is 4.91. The molecule has 0 saturated heterocycles. The van der Waals surface area contributed by atoms with E-state index in [9.17, 15) is 12.8 Å². The average Bonchev–Trinajstić information content (AvgIpc) is 2.68. The minimum absolute atomic E-state index is 0.0626. The fraction of sp³-hybridized carbons (Fsp3) is 0.111. The molecule has 3 aromatic rings. The largest absolute Gasteiger partial charge is 0.497 e. The zero-order valence-corrected chi connectivity index (χ0v) is 15.2. The molecule has 0 aliphatic rings. The van der Waals surface area contributed by atoms with Gasteiger partial charge in [0, 0.05) is 6.54 Å². The summed E-state index contributed by atoms with van der Waals surface area (Å²) in [6, 6.07) is 15.2. The monoisotopic (exact) mass is 388 g/mol. The maximum absolute atomic E-state index is 12.9. The molecule has 9 heteroatoms. The second kappa shape index (κ2) is 8.00. The first-order valence-corrected chi connectivity index (χ1v) is 9.43. The fourth-order valence-electron chi connectivity index (χ4n) is 2.23. The van der Waals surface area contributed by atoms with Gasteiger partial charge in [0.25, 0.3) is 10.0 Å². The first-order chi connectivity index (χ1) is 13.0. The number of rotatable bonds is 7. The van der Waals surface area contributed by atoms with Crippen LogP contribution in [-0.2, 0) is 16.6 Å². The molecular weight excluding hydrogens is 371 g/mol. The number of benzene rings is 2. The van der Waals surface area contributed by atoms with Gasteiger partial charge in [0.15, 0.2) is 5.82 Å². The second-order valence-corrected chi connectivity index (χ2v) is 7.25. The van der Waals surface area contributed by atoms with E-state index in [2.05, 4.69) is 20.2 Å². The highest BCUT2D eigenvalue weighted by Gasteiger charge is 2.15. The Balaban J connectivity index is 1.61. The maximum atomic E-state index is 12.9. The minimum atomic E-state index is -3.86. The summed E-state index contributed by atoms with van der Waals surface area (Å²) in [6.07, 6.45) is 0. The van der Waals surface area contributed by atoms with Crippen molar-refractivity contribution in [3.63, 3.8) is 0 Å². The Kier molecular flexibility index (Phi) is 5.51. The molecule has 2 aromatic carbocycles. The van der Waals surface area contributed by atoms with Crippen LogP contribution in [0.3, 0.4) is 0 Å². The van der Waals surface area contributed by atoms with Crippen LogP contribution in [0.5, 0.6) is 5.75 Å². The van der Waals surface area contributed by atoms with E-state index in [1.165, 1.54) is 18.2 Å². The van der Waals surface area contributed by atoms with Crippen LogP contribution in [0.1, 0.15) is 5.56 Å². The highest BCUT2D eigenvalue weighted by Crippen LogP contribution is 2.16. The molecule has 0 radical (unpaired) electrons. The summed E-state index contributed by atoms with van der Waals surface area (Å²) in [6.45, 7) is 0.527. The quantitative estimate of drug-likeness (QED) is 0.646. The lowest BCUT2D eigenvalue weighted by molar-refractivity contribution is 0.414. The first kappa shape index (κ1) is 18.6. The molecule has 3 rings (SSSR count). The molecule has 0 saturated carbocycles. The zero-order valence-electron chi connectivity index (χ0n) is 14.4. The van der Waals surface area contributed by atoms with E-state index in [0.717, 1.165) is 23.4 Å². The lowest BCUT2D eigenvalue weighted by Gasteiger charge is -2.09.